The van der Waals surface area contributed by atoms with Gasteiger partial charge >= 0.3 is 0 Å². The van der Waals surface area contributed by atoms with Gasteiger partial charge in [-0.2, -0.15) is 0 Å². The summed E-state index contributed by atoms with van der Waals surface area (Å²) in [6.45, 7) is 5.91. The Morgan fingerprint density at radius 1 is 1.58 bits per heavy atom. The van der Waals surface area contributed by atoms with Gasteiger partial charge < -0.3 is 5.32 Å². The fourth-order valence-electron chi connectivity index (χ4n) is 1.60. The van der Waals surface area contributed by atoms with Crippen molar-refractivity contribution in [2.75, 3.05) is 0 Å². The molecule has 19 heavy (non-hydrogen) atoms. The second-order valence-corrected chi connectivity index (χ2v) is 4.85. The SMILES string of the molecule is CCC(C)N/C(=C/[N+](=O)[O-])C(C)c1ccc(Cl)nc1. The van der Waals surface area contributed by atoms with Gasteiger partial charge in [-0.1, -0.05) is 31.5 Å². The van der Waals surface area contributed by atoms with Crippen LogP contribution in [0.25, 0.3) is 0 Å². The Balaban J connectivity index is 2.97. The Morgan fingerprint density at radius 3 is 2.74 bits per heavy atom. The third kappa shape index (κ3) is 4.87. The van der Waals surface area contributed by atoms with Crippen molar-refractivity contribution in [1.82, 2.24) is 10.3 Å². The molecule has 0 saturated heterocycles. The monoisotopic (exact) mass is 283 g/mol. The van der Waals surface area contributed by atoms with Crippen LogP contribution in [0.3, 0.4) is 0 Å². The van der Waals surface area contributed by atoms with Crippen LogP contribution in [0.15, 0.2) is 30.2 Å². The highest BCUT2D eigenvalue weighted by molar-refractivity contribution is 6.29. The van der Waals surface area contributed by atoms with Gasteiger partial charge in [0.15, 0.2) is 0 Å². The zero-order valence-corrected chi connectivity index (χ0v) is 12.0. The zero-order valence-electron chi connectivity index (χ0n) is 11.3. The average Bonchev–Trinajstić information content (AvgIpc) is 2.37. The van der Waals surface area contributed by atoms with E-state index in [-0.39, 0.29) is 12.0 Å². The molecule has 0 aliphatic carbocycles. The Kier molecular flexibility index (Phi) is 5.76. The topological polar surface area (TPSA) is 68.1 Å². The highest BCUT2D eigenvalue weighted by Crippen LogP contribution is 2.23. The van der Waals surface area contributed by atoms with Crippen molar-refractivity contribution >= 4 is 11.6 Å². The number of nitrogens with zero attached hydrogens (tertiary/aromatic N) is 2. The number of rotatable bonds is 6. The van der Waals surface area contributed by atoms with Crippen LogP contribution in [-0.2, 0) is 0 Å². The van der Waals surface area contributed by atoms with E-state index in [4.69, 9.17) is 11.6 Å². The number of hydrogen-bond acceptors (Lipinski definition) is 4. The Labute approximate surface area is 117 Å². The predicted molar refractivity (Wildman–Crippen MR) is 75.6 cm³/mol. The first kappa shape index (κ1) is 15.4. The smallest absolute Gasteiger partial charge is 0.253 e. The molecule has 6 heteroatoms. The van der Waals surface area contributed by atoms with Crippen molar-refractivity contribution in [1.29, 1.82) is 0 Å². The molecule has 1 heterocycles. The second kappa shape index (κ2) is 7.09. The normalized spacial score (nSPS) is 14.8. The summed E-state index contributed by atoms with van der Waals surface area (Å²) in [5, 5.41) is 14.3. The summed E-state index contributed by atoms with van der Waals surface area (Å²) >= 11 is 5.74. The maximum absolute atomic E-state index is 10.7. The number of halogens is 1. The van der Waals surface area contributed by atoms with E-state index in [0.29, 0.717) is 10.9 Å². The average molecular weight is 284 g/mol. The molecule has 2 atom stereocenters. The zero-order chi connectivity index (χ0) is 14.4. The quantitative estimate of drug-likeness (QED) is 0.494. The van der Waals surface area contributed by atoms with Crippen LogP contribution in [0.1, 0.15) is 38.7 Å². The summed E-state index contributed by atoms with van der Waals surface area (Å²) in [5.74, 6) is -0.135. The van der Waals surface area contributed by atoms with Crippen LogP contribution < -0.4 is 5.32 Å². The summed E-state index contributed by atoms with van der Waals surface area (Å²) in [7, 11) is 0. The lowest BCUT2D eigenvalue weighted by Crippen LogP contribution is -2.28. The van der Waals surface area contributed by atoms with Gasteiger partial charge in [0.1, 0.15) is 5.15 Å². The highest BCUT2D eigenvalue weighted by Gasteiger charge is 2.17. The van der Waals surface area contributed by atoms with E-state index in [0.717, 1.165) is 18.2 Å². The maximum Gasteiger partial charge on any atom is 0.253 e. The number of nitro groups is 1. The first-order valence-electron chi connectivity index (χ1n) is 6.17. The van der Waals surface area contributed by atoms with Gasteiger partial charge in [0.2, 0.25) is 0 Å². The summed E-state index contributed by atoms with van der Waals surface area (Å²) in [4.78, 5) is 14.3. The number of aromatic nitrogens is 1. The number of nitrogens with one attached hydrogen (secondary N) is 1. The van der Waals surface area contributed by atoms with Gasteiger partial charge in [-0.05, 0) is 25.0 Å². The molecule has 0 fully saturated rings. The summed E-state index contributed by atoms with van der Waals surface area (Å²) in [6.07, 6.45) is 3.55. The summed E-state index contributed by atoms with van der Waals surface area (Å²) in [5.41, 5.74) is 1.46. The van der Waals surface area contributed by atoms with E-state index in [1.165, 1.54) is 0 Å². The Bertz CT molecular complexity index is 459. The fraction of sp³-hybridized carbons (Fsp3) is 0.462. The molecule has 0 aromatic carbocycles. The van der Waals surface area contributed by atoms with E-state index in [1.54, 1.807) is 12.3 Å². The summed E-state index contributed by atoms with van der Waals surface area (Å²) in [6, 6.07) is 3.68. The predicted octanol–water partition coefficient (Wildman–Crippen LogP) is 3.34. The molecule has 0 aliphatic rings. The molecule has 0 amide bonds. The molecule has 0 spiro atoms. The molecule has 5 nitrogen and oxygen atoms in total. The molecule has 2 unspecified atom stereocenters. The van der Waals surface area contributed by atoms with Crippen molar-refractivity contribution in [3.05, 3.63) is 51.1 Å². The van der Waals surface area contributed by atoms with E-state index < -0.39 is 4.92 Å². The van der Waals surface area contributed by atoms with Gasteiger partial charge in [0.25, 0.3) is 6.20 Å². The van der Waals surface area contributed by atoms with Crippen molar-refractivity contribution in [3.63, 3.8) is 0 Å². The highest BCUT2D eigenvalue weighted by atomic mass is 35.5. The van der Waals surface area contributed by atoms with Gasteiger partial charge in [-0.3, -0.25) is 10.1 Å². The minimum atomic E-state index is -0.440. The molecule has 104 valence electrons. The molecule has 1 aromatic rings. The van der Waals surface area contributed by atoms with Crippen molar-refractivity contribution < 1.29 is 4.92 Å². The van der Waals surface area contributed by atoms with Crippen molar-refractivity contribution in [3.8, 4) is 0 Å². The summed E-state index contributed by atoms with van der Waals surface area (Å²) < 4.78 is 0. The minimum absolute atomic E-state index is 0.135. The third-order valence-corrected chi connectivity index (χ3v) is 3.21. The fourth-order valence-corrected chi connectivity index (χ4v) is 1.71. The number of pyridine rings is 1. The van der Waals surface area contributed by atoms with Gasteiger partial charge in [-0.25, -0.2) is 4.98 Å². The van der Waals surface area contributed by atoms with E-state index in [1.807, 2.05) is 26.8 Å². The standard InChI is InChI=1S/C13H18ClN3O2/c1-4-9(2)16-12(8-17(18)19)10(3)11-5-6-13(14)15-7-11/h5-10,16H,4H2,1-3H3/b12-8+. The van der Waals surface area contributed by atoms with Gasteiger partial charge in [-0.15, -0.1) is 0 Å². The van der Waals surface area contributed by atoms with E-state index in [2.05, 4.69) is 10.3 Å². The van der Waals surface area contributed by atoms with Crippen molar-refractivity contribution in [2.45, 2.75) is 39.2 Å². The lowest BCUT2D eigenvalue weighted by molar-refractivity contribution is -0.404. The molecule has 1 aromatic heterocycles. The third-order valence-electron chi connectivity index (χ3n) is 2.99. The minimum Gasteiger partial charge on any atom is -0.380 e. The molecule has 0 radical (unpaired) electrons. The molecular formula is C13H18ClN3O2. The Morgan fingerprint density at radius 2 is 2.26 bits per heavy atom. The number of allylic oxidation sites excluding steroid dienone is 1. The molecule has 1 N–H and O–H groups in total. The van der Waals surface area contributed by atoms with Crippen LogP contribution in [0.4, 0.5) is 0 Å². The largest absolute Gasteiger partial charge is 0.380 e. The maximum atomic E-state index is 10.7. The van der Waals surface area contributed by atoms with E-state index >= 15 is 0 Å². The molecular weight excluding hydrogens is 266 g/mol. The van der Waals surface area contributed by atoms with Crippen LogP contribution in [-0.4, -0.2) is 15.9 Å². The molecule has 0 bridgehead atoms. The molecule has 0 saturated carbocycles. The van der Waals surface area contributed by atoms with E-state index in [9.17, 15) is 10.1 Å². The Hall–Kier alpha value is -1.62. The number of hydrogen-bond donors (Lipinski definition) is 1. The molecule has 0 aliphatic heterocycles. The van der Waals surface area contributed by atoms with Crippen LogP contribution >= 0.6 is 11.6 Å². The molecule has 1 rings (SSSR count). The first-order chi connectivity index (χ1) is 8.93. The van der Waals surface area contributed by atoms with Crippen LogP contribution in [0, 0.1) is 10.1 Å². The van der Waals surface area contributed by atoms with Crippen molar-refractivity contribution in [2.24, 2.45) is 0 Å². The second-order valence-electron chi connectivity index (χ2n) is 4.46. The van der Waals surface area contributed by atoms with Gasteiger partial charge in [0, 0.05) is 18.2 Å². The lowest BCUT2D eigenvalue weighted by atomic mass is 9.99. The first-order valence-corrected chi connectivity index (χ1v) is 6.55. The van der Waals surface area contributed by atoms with Gasteiger partial charge in [0.05, 0.1) is 10.6 Å². The van der Waals surface area contributed by atoms with Crippen LogP contribution in [0.2, 0.25) is 5.15 Å². The van der Waals surface area contributed by atoms with Crippen LogP contribution in [0.5, 0.6) is 0 Å². The lowest BCUT2D eigenvalue weighted by Gasteiger charge is -2.20.